The molecule has 0 unspecified atom stereocenters. The van der Waals surface area contributed by atoms with Crippen molar-refractivity contribution in [1.29, 1.82) is 0 Å². The summed E-state index contributed by atoms with van der Waals surface area (Å²) in [5.74, 6) is 2.42. The summed E-state index contributed by atoms with van der Waals surface area (Å²) < 4.78 is 0. The van der Waals surface area contributed by atoms with Gasteiger partial charge in [-0.2, -0.15) is 0 Å². The van der Waals surface area contributed by atoms with E-state index >= 15 is 0 Å². The smallest absolute Gasteiger partial charge is 0.270 e. The Balaban J connectivity index is 2.03. The Kier molecular flexibility index (Phi) is 3.79. The SMILES string of the molecule is CC(C)c1nc2c(c(N(C)Cc3ncc[nH]3)n1)CCNC2=O. The highest BCUT2D eigenvalue weighted by Crippen LogP contribution is 2.26. The van der Waals surface area contributed by atoms with Gasteiger partial charge in [-0.1, -0.05) is 13.8 Å². The molecule has 2 aromatic heterocycles. The maximum atomic E-state index is 12.1. The first kappa shape index (κ1) is 14.5. The van der Waals surface area contributed by atoms with Crippen molar-refractivity contribution in [1.82, 2.24) is 25.3 Å². The summed E-state index contributed by atoms with van der Waals surface area (Å²) >= 11 is 0. The van der Waals surface area contributed by atoms with Crippen LogP contribution in [-0.2, 0) is 13.0 Å². The summed E-state index contributed by atoms with van der Waals surface area (Å²) in [7, 11) is 1.96. The molecule has 0 saturated carbocycles. The number of nitrogens with zero attached hydrogens (tertiary/aromatic N) is 4. The Morgan fingerprint density at radius 1 is 1.36 bits per heavy atom. The number of rotatable bonds is 4. The molecule has 0 fully saturated rings. The Bertz CT molecular complexity index is 680. The van der Waals surface area contributed by atoms with Crippen molar-refractivity contribution in [2.24, 2.45) is 0 Å². The highest BCUT2D eigenvalue weighted by molar-refractivity contribution is 5.96. The second-order valence-corrected chi connectivity index (χ2v) is 5.79. The van der Waals surface area contributed by atoms with E-state index in [0.717, 1.165) is 23.6 Å². The lowest BCUT2D eigenvalue weighted by Gasteiger charge is -2.25. The number of carbonyl (C=O) groups excluding carboxylic acids is 1. The van der Waals surface area contributed by atoms with Crippen molar-refractivity contribution in [3.05, 3.63) is 35.3 Å². The number of carbonyl (C=O) groups is 1. The topological polar surface area (TPSA) is 86.8 Å². The van der Waals surface area contributed by atoms with Crippen molar-refractivity contribution >= 4 is 11.7 Å². The van der Waals surface area contributed by atoms with Crippen LogP contribution in [0.1, 0.15) is 47.5 Å². The summed E-state index contributed by atoms with van der Waals surface area (Å²) in [6.07, 6.45) is 4.27. The normalized spacial score (nSPS) is 13.9. The van der Waals surface area contributed by atoms with Gasteiger partial charge in [0.15, 0.2) is 0 Å². The predicted molar refractivity (Wildman–Crippen MR) is 82.9 cm³/mol. The molecule has 0 aliphatic carbocycles. The Hall–Kier alpha value is -2.44. The number of H-pyrrole nitrogens is 1. The number of fused-ring (bicyclic) bond motifs is 1. The number of aromatic amines is 1. The average molecular weight is 300 g/mol. The highest BCUT2D eigenvalue weighted by atomic mass is 16.1. The van der Waals surface area contributed by atoms with Gasteiger partial charge in [0.05, 0.1) is 6.54 Å². The molecule has 0 spiro atoms. The van der Waals surface area contributed by atoms with E-state index < -0.39 is 0 Å². The minimum Gasteiger partial charge on any atom is -0.352 e. The molecule has 0 saturated heterocycles. The highest BCUT2D eigenvalue weighted by Gasteiger charge is 2.26. The predicted octanol–water partition coefficient (Wildman–Crippen LogP) is 1.25. The molecule has 3 rings (SSSR count). The lowest BCUT2D eigenvalue weighted by atomic mass is 10.0. The second-order valence-electron chi connectivity index (χ2n) is 5.79. The van der Waals surface area contributed by atoms with Crippen molar-refractivity contribution in [2.75, 3.05) is 18.5 Å². The van der Waals surface area contributed by atoms with Crippen molar-refractivity contribution < 1.29 is 4.79 Å². The number of nitrogens with one attached hydrogen (secondary N) is 2. The first-order valence-electron chi connectivity index (χ1n) is 7.44. The summed E-state index contributed by atoms with van der Waals surface area (Å²) in [5.41, 5.74) is 1.42. The van der Waals surface area contributed by atoms with E-state index in [2.05, 4.69) is 20.3 Å². The fourth-order valence-corrected chi connectivity index (χ4v) is 2.55. The molecule has 7 nitrogen and oxygen atoms in total. The summed E-state index contributed by atoms with van der Waals surface area (Å²) in [6, 6.07) is 0. The lowest BCUT2D eigenvalue weighted by molar-refractivity contribution is 0.0940. The van der Waals surface area contributed by atoms with Crippen LogP contribution in [0.15, 0.2) is 12.4 Å². The van der Waals surface area contributed by atoms with E-state index in [4.69, 9.17) is 4.98 Å². The number of hydrogen-bond donors (Lipinski definition) is 2. The van der Waals surface area contributed by atoms with Gasteiger partial charge >= 0.3 is 0 Å². The Morgan fingerprint density at radius 3 is 2.86 bits per heavy atom. The van der Waals surface area contributed by atoms with Gasteiger partial charge in [-0.15, -0.1) is 0 Å². The first-order chi connectivity index (χ1) is 10.6. The minimum atomic E-state index is -0.113. The fourth-order valence-electron chi connectivity index (χ4n) is 2.55. The molecular weight excluding hydrogens is 280 g/mol. The quantitative estimate of drug-likeness (QED) is 0.887. The van der Waals surface area contributed by atoms with E-state index in [9.17, 15) is 4.79 Å². The largest absolute Gasteiger partial charge is 0.352 e. The van der Waals surface area contributed by atoms with Crippen LogP contribution < -0.4 is 10.2 Å². The zero-order valence-corrected chi connectivity index (χ0v) is 13.1. The van der Waals surface area contributed by atoms with Gasteiger partial charge < -0.3 is 15.2 Å². The average Bonchev–Trinajstić information content (AvgIpc) is 2.99. The molecule has 2 aromatic rings. The fraction of sp³-hybridized carbons (Fsp3) is 0.467. The van der Waals surface area contributed by atoms with E-state index in [1.165, 1.54) is 0 Å². The van der Waals surface area contributed by atoms with Crippen molar-refractivity contribution in [3.63, 3.8) is 0 Å². The second kappa shape index (κ2) is 5.75. The van der Waals surface area contributed by atoms with Gasteiger partial charge in [0.2, 0.25) is 0 Å². The van der Waals surface area contributed by atoms with E-state index in [-0.39, 0.29) is 11.8 Å². The van der Waals surface area contributed by atoms with Crippen LogP contribution >= 0.6 is 0 Å². The van der Waals surface area contributed by atoms with E-state index in [1.807, 2.05) is 25.8 Å². The van der Waals surface area contributed by atoms with Crippen LogP contribution in [0.2, 0.25) is 0 Å². The molecule has 1 aliphatic heterocycles. The van der Waals surface area contributed by atoms with E-state index in [0.29, 0.717) is 24.6 Å². The molecule has 3 heterocycles. The number of imidazole rings is 1. The van der Waals surface area contributed by atoms with Crippen LogP contribution in [0.4, 0.5) is 5.82 Å². The molecule has 0 aromatic carbocycles. The number of amides is 1. The molecule has 0 bridgehead atoms. The van der Waals surface area contributed by atoms with Crippen LogP contribution in [0, 0.1) is 0 Å². The Morgan fingerprint density at radius 2 is 2.18 bits per heavy atom. The third-order valence-electron chi connectivity index (χ3n) is 3.70. The minimum absolute atomic E-state index is 0.113. The van der Waals surface area contributed by atoms with Gasteiger partial charge in [0.25, 0.3) is 5.91 Å². The van der Waals surface area contributed by atoms with Crippen LogP contribution in [0.3, 0.4) is 0 Å². The van der Waals surface area contributed by atoms with Gasteiger partial charge in [-0.3, -0.25) is 4.79 Å². The number of hydrogen-bond acceptors (Lipinski definition) is 5. The maximum Gasteiger partial charge on any atom is 0.270 e. The van der Waals surface area contributed by atoms with Gasteiger partial charge in [-0.25, -0.2) is 15.0 Å². The molecule has 22 heavy (non-hydrogen) atoms. The molecule has 1 aliphatic rings. The molecule has 116 valence electrons. The van der Waals surface area contributed by atoms with Crippen LogP contribution in [0.25, 0.3) is 0 Å². The molecule has 2 N–H and O–H groups in total. The summed E-state index contributed by atoms with van der Waals surface area (Å²) in [5, 5.41) is 2.85. The van der Waals surface area contributed by atoms with Gasteiger partial charge in [-0.05, 0) is 6.42 Å². The lowest BCUT2D eigenvalue weighted by Crippen LogP contribution is -2.35. The van der Waals surface area contributed by atoms with Gasteiger partial charge in [0.1, 0.15) is 23.2 Å². The number of aromatic nitrogens is 4. The molecule has 7 heteroatoms. The molecule has 0 radical (unpaired) electrons. The van der Waals surface area contributed by atoms with Crippen LogP contribution in [0.5, 0.6) is 0 Å². The molecule has 1 amide bonds. The standard InChI is InChI=1S/C15H20N6O/c1-9(2)13-19-12-10(4-5-18-15(12)22)14(20-13)21(3)8-11-16-6-7-17-11/h6-7,9H,4-5,8H2,1-3H3,(H,16,17)(H,18,22). The van der Waals surface area contributed by atoms with Crippen molar-refractivity contribution in [3.8, 4) is 0 Å². The monoisotopic (exact) mass is 300 g/mol. The summed E-state index contributed by atoms with van der Waals surface area (Å²) in [4.78, 5) is 30.6. The molecule has 0 atom stereocenters. The van der Waals surface area contributed by atoms with E-state index in [1.54, 1.807) is 12.4 Å². The van der Waals surface area contributed by atoms with Crippen molar-refractivity contribution in [2.45, 2.75) is 32.7 Å². The third kappa shape index (κ3) is 2.66. The Labute approximate surface area is 129 Å². The maximum absolute atomic E-state index is 12.1. The van der Waals surface area contributed by atoms with Gasteiger partial charge in [0, 0.05) is 37.5 Å². The summed E-state index contributed by atoms with van der Waals surface area (Å²) in [6.45, 7) is 5.28. The zero-order valence-electron chi connectivity index (χ0n) is 13.1. The number of anilines is 1. The van der Waals surface area contributed by atoms with Crippen LogP contribution in [-0.4, -0.2) is 39.4 Å². The first-order valence-corrected chi connectivity index (χ1v) is 7.44. The molecular formula is C15H20N6O. The third-order valence-corrected chi connectivity index (χ3v) is 3.70. The zero-order chi connectivity index (χ0) is 15.7.